The summed E-state index contributed by atoms with van der Waals surface area (Å²) >= 11 is 6.25. The Morgan fingerprint density at radius 1 is 1.13 bits per heavy atom. The largest absolute Gasteiger partial charge is 0.479 e. The second-order valence-electron chi connectivity index (χ2n) is 7.46. The van der Waals surface area contributed by atoms with Crippen molar-refractivity contribution in [1.29, 1.82) is 0 Å². The van der Waals surface area contributed by atoms with Gasteiger partial charge in [-0.1, -0.05) is 11.6 Å². The number of benzene rings is 1. The standard InChI is InChI=1S/C16H22ClFN2O.C4H6O6/c17-16-2-1-13(18)9-12(16)11-20(15-3-6-19-10-15)14-4-7-21-8-5-14;5-1(3(7)8)2(6)4(9)10/h1-2,9,14-15,19H,3-8,10-11H2;1-2,5-6H,(H,7,8)(H,9,10)/t15-;/m0./s1. The van der Waals surface area contributed by atoms with Crippen molar-refractivity contribution in [3.63, 3.8) is 0 Å². The van der Waals surface area contributed by atoms with Gasteiger partial charge in [-0.25, -0.2) is 14.0 Å². The van der Waals surface area contributed by atoms with Crippen LogP contribution < -0.4 is 5.32 Å². The number of carbonyl (C=O) groups is 2. The number of hydrogen-bond acceptors (Lipinski definition) is 7. The zero-order valence-electron chi connectivity index (χ0n) is 16.9. The molecule has 2 aliphatic rings. The minimum absolute atomic E-state index is 0.217. The highest BCUT2D eigenvalue weighted by atomic mass is 35.5. The fourth-order valence-electron chi connectivity index (χ4n) is 3.63. The number of ether oxygens (including phenoxy) is 1. The van der Waals surface area contributed by atoms with E-state index in [1.165, 1.54) is 6.07 Å². The summed E-state index contributed by atoms with van der Waals surface area (Å²) in [6, 6.07) is 5.65. The summed E-state index contributed by atoms with van der Waals surface area (Å²) in [6.07, 6.45) is -1.30. The Bertz CT molecular complexity index is 724. The molecule has 2 heterocycles. The van der Waals surface area contributed by atoms with Gasteiger partial charge in [-0.2, -0.15) is 0 Å². The summed E-state index contributed by atoms with van der Waals surface area (Å²) in [6.45, 7) is 4.41. The molecule has 0 amide bonds. The molecule has 11 heteroatoms. The smallest absolute Gasteiger partial charge is 0.335 e. The van der Waals surface area contributed by atoms with E-state index in [1.807, 2.05) is 0 Å². The molecule has 2 fully saturated rings. The Balaban J connectivity index is 0.000000291. The van der Waals surface area contributed by atoms with Crippen LogP contribution in [0.5, 0.6) is 0 Å². The molecule has 2 saturated heterocycles. The highest BCUT2D eigenvalue weighted by Gasteiger charge is 2.31. The maximum absolute atomic E-state index is 13.5. The Morgan fingerprint density at radius 2 is 1.74 bits per heavy atom. The molecule has 0 spiro atoms. The van der Waals surface area contributed by atoms with Crippen LogP contribution in [-0.2, 0) is 20.9 Å². The summed E-state index contributed by atoms with van der Waals surface area (Å²) in [5, 5.41) is 36.6. The first-order valence-electron chi connectivity index (χ1n) is 10.0. The van der Waals surface area contributed by atoms with Crippen LogP contribution in [0, 0.1) is 5.82 Å². The van der Waals surface area contributed by atoms with Crippen molar-refractivity contribution >= 4 is 23.5 Å². The summed E-state index contributed by atoms with van der Waals surface area (Å²) < 4.78 is 19.0. The number of aliphatic carboxylic acids is 2. The molecule has 2 unspecified atom stereocenters. The quantitative estimate of drug-likeness (QED) is 0.396. The third kappa shape index (κ3) is 7.67. The van der Waals surface area contributed by atoms with Crippen LogP contribution in [0.2, 0.25) is 5.02 Å². The molecule has 1 aromatic rings. The topological polar surface area (TPSA) is 140 Å². The summed E-state index contributed by atoms with van der Waals surface area (Å²) in [5.74, 6) is -3.75. The zero-order valence-corrected chi connectivity index (χ0v) is 17.7. The van der Waals surface area contributed by atoms with Crippen molar-refractivity contribution in [1.82, 2.24) is 10.2 Å². The molecule has 1 aromatic carbocycles. The third-order valence-electron chi connectivity index (χ3n) is 5.33. The molecule has 2 aliphatic heterocycles. The van der Waals surface area contributed by atoms with Crippen LogP contribution in [-0.4, -0.2) is 87.9 Å². The first kappa shape index (κ1) is 25.4. The average Bonchev–Trinajstić information content (AvgIpc) is 3.28. The van der Waals surface area contributed by atoms with Gasteiger partial charge < -0.3 is 30.5 Å². The van der Waals surface area contributed by atoms with Gasteiger partial charge in [0.15, 0.2) is 12.2 Å². The molecule has 3 rings (SSSR count). The zero-order chi connectivity index (χ0) is 23.0. The van der Waals surface area contributed by atoms with Crippen molar-refractivity contribution in [2.24, 2.45) is 0 Å². The van der Waals surface area contributed by atoms with E-state index in [-0.39, 0.29) is 5.82 Å². The van der Waals surface area contributed by atoms with Gasteiger partial charge in [0.05, 0.1) is 0 Å². The van der Waals surface area contributed by atoms with Gasteiger partial charge in [0.1, 0.15) is 5.82 Å². The minimum atomic E-state index is -2.27. The van der Waals surface area contributed by atoms with E-state index < -0.39 is 24.1 Å². The fraction of sp³-hybridized carbons (Fsp3) is 0.600. The first-order chi connectivity index (χ1) is 14.7. The Morgan fingerprint density at radius 3 is 2.26 bits per heavy atom. The number of rotatable bonds is 7. The van der Waals surface area contributed by atoms with Gasteiger partial charge in [0.2, 0.25) is 0 Å². The molecule has 9 nitrogen and oxygen atoms in total. The van der Waals surface area contributed by atoms with Crippen molar-refractivity contribution in [3.05, 3.63) is 34.6 Å². The SMILES string of the molecule is Fc1ccc(Cl)c(CN(C2CCOCC2)[C@H]2CCNC2)c1.O=C(O)C(O)C(O)C(=O)O. The van der Waals surface area contributed by atoms with E-state index in [0.717, 1.165) is 51.1 Å². The van der Waals surface area contributed by atoms with E-state index in [2.05, 4.69) is 10.2 Å². The van der Waals surface area contributed by atoms with Crippen LogP contribution in [0.1, 0.15) is 24.8 Å². The van der Waals surface area contributed by atoms with Crippen LogP contribution in [0.25, 0.3) is 0 Å². The predicted octanol–water partition coefficient (Wildman–Crippen LogP) is 0.699. The maximum atomic E-state index is 13.5. The number of aliphatic hydroxyl groups excluding tert-OH is 2. The van der Waals surface area contributed by atoms with Crippen LogP contribution in [0.3, 0.4) is 0 Å². The first-order valence-corrected chi connectivity index (χ1v) is 10.4. The van der Waals surface area contributed by atoms with Crippen molar-refractivity contribution in [2.75, 3.05) is 26.3 Å². The summed E-state index contributed by atoms with van der Waals surface area (Å²) in [5.41, 5.74) is 0.884. The molecular weight excluding hydrogens is 435 g/mol. The van der Waals surface area contributed by atoms with Gasteiger partial charge in [-0.15, -0.1) is 0 Å². The number of hydrogen-bond donors (Lipinski definition) is 5. The highest BCUT2D eigenvalue weighted by molar-refractivity contribution is 6.31. The number of halogens is 2. The summed E-state index contributed by atoms with van der Waals surface area (Å²) in [7, 11) is 0. The number of carboxylic acids is 2. The number of aliphatic hydroxyl groups is 2. The van der Waals surface area contributed by atoms with Crippen LogP contribution >= 0.6 is 11.6 Å². The lowest BCUT2D eigenvalue weighted by molar-refractivity contribution is -0.165. The Hall–Kier alpha value is -1.82. The minimum Gasteiger partial charge on any atom is -0.479 e. The van der Waals surface area contributed by atoms with Gasteiger partial charge in [0, 0.05) is 43.4 Å². The van der Waals surface area contributed by atoms with E-state index in [0.29, 0.717) is 23.7 Å². The molecular formula is C20H28ClFN2O7. The molecule has 5 N–H and O–H groups in total. The second kappa shape index (κ2) is 12.3. The number of nitrogens with zero attached hydrogens (tertiary/aromatic N) is 1. The maximum Gasteiger partial charge on any atom is 0.335 e. The molecule has 0 aliphatic carbocycles. The van der Waals surface area contributed by atoms with E-state index in [9.17, 15) is 14.0 Å². The second-order valence-corrected chi connectivity index (χ2v) is 7.87. The summed E-state index contributed by atoms with van der Waals surface area (Å²) in [4.78, 5) is 22.0. The molecule has 0 aromatic heterocycles. The lowest BCUT2D eigenvalue weighted by atomic mass is 10.0. The normalized spacial score (nSPS) is 21.3. The monoisotopic (exact) mass is 462 g/mol. The van der Waals surface area contributed by atoms with Gasteiger partial charge in [-0.3, -0.25) is 4.90 Å². The molecule has 0 radical (unpaired) electrons. The van der Waals surface area contributed by atoms with Crippen LogP contribution in [0.15, 0.2) is 18.2 Å². The molecule has 3 atom stereocenters. The molecule has 0 bridgehead atoms. The Kier molecular flexibility index (Phi) is 10.1. The van der Waals surface area contributed by atoms with Gasteiger partial charge in [-0.05, 0) is 49.6 Å². The van der Waals surface area contributed by atoms with Crippen molar-refractivity contribution in [3.8, 4) is 0 Å². The lowest BCUT2D eigenvalue weighted by Crippen LogP contribution is -2.46. The number of carboxylic acid groups (broad SMARTS) is 2. The lowest BCUT2D eigenvalue weighted by Gasteiger charge is -2.38. The van der Waals surface area contributed by atoms with E-state index in [1.54, 1.807) is 12.1 Å². The van der Waals surface area contributed by atoms with Crippen molar-refractivity contribution in [2.45, 2.75) is 50.1 Å². The van der Waals surface area contributed by atoms with Crippen LogP contribution in [0.4, 0.5) is 4.39 Å². The average molecular weight is 463 g/mol. The van der Waals surface area contributed by atoms with E-state index in [4.69, 9.17) is 36.8 Å². The Labute approximate surface area is 184 Å². The van der Waals surface area contributed by atoms with Gasteiger partial charge in [0.25, 0.3) is 0 Å². The third-order valence-corrected chi connectivity index (χ3v) is 5.70. The van der Waals surface area contributed by atoms with E-state index >= 15 is 0 Å². The molecule has 31 heavy (non-hydrogen) atoms. The number of nitrogens with one attached hydrogen (secondary N) is 1. The molecule has 0 saturated carbocycles. The predicted molar refractivity (Wildman–Crippen MR) is 109 cm³/mol. The molecule has 174 valence electrons. The fourth-order valence-corrected chi connectivity index (χ4v) is 3.80. The van der Waals surface area contributed by atoms with Crippen molar-refractivity contribution < 1.29 is 39.1 Å². The highest BCUT2D eigenvalue weighted by Crippen LogP contribution is 2.26. The van der Waals surface area contributed by atoms with Gasteiger partial charge >= 0.3 is 11.9 Å².